The van der Waals surface area contributed by atoms with Crippen LogP contribution in [0.1, 0.15) is 25.3 Å². The molecule has 16 heavy (non-hydrogen) atoms. The molecule has 0 heterocycles. The lowest BCUT2D eigenvalue weighted by atomic mass is 10.2. The van der Waals surface area contributed by atoms with Gasteiger partial charge in [-0.05, 0) is 41.8 Å². The van der Waals surface area contributed by atoms with Crippen molar-refractivity contribution in [3.8, 4) is 5.75 Å². The van der Waals surface area contributed by atoms with Crippen LogP contribution in [-0.2, 0) is 4.79 Å². The molecule has 0 amide bonds. The van der Waals surface area contributed by atoms with Crippen molar-refractivity contribution in [3.63, 3.8) is 0 Å². The molecule has 0 atom stereocenters. The van der Waals surface area contributed by atoms with Gasteiger partial charge in [0.05, 0.1) is 6.61 Å². The van der Waals surface area contributed by atoms with Crippen molar-refractivity contribution < 1.29 is 9.53 Å². The molecule has 0 saturated carbocycles. The van der Waals surface area contributed by atoms with Gasteiger partial charge >= 0.3 is 0 Å². The highest BCUT2D eigenvalue weighted by Crippen LogP contribution is 2.13. The van der Waals surface area contributed by atoms with Crippen LogP contribution in [0.25, 0.3) is 6.08 Å². The van der Waals surface area contributed by atoms with Crippen molar-refractivity contribution in [2.75, 3.05) is 6.61 Å². The number of halogens is 1. The van der Waals surface area contributed by atoms with Gasteiger partial charge in [-0.15, -0.1) is 0 Å². The molecule has 0 aromatic heterocycles. The maximum atomic E-state index is 10.5. The van der Waals surface area contributed by atoms with Gasteiger partial charge in [0.2, 0.25) is 5.24 Å². The predicted molar refractivity (Wildman–Crippen MR) is 66.7 cm³/mol. The maximum absolute atomic E-state index is 10.5. The van der Waals surface area contributed by atoms with Crippen LogP contribution in [0, 0.1) is 0 Å². The molecule has 1 aromatic carbocycles. The number of unbranched alkanes of at least 4 members (excludes halogenated alkanes) is 1. The lowest BCUT2D eigenvalue weighted by Crippen LogP contribution is -1.95. The van der Waals surface area contributed by atoms with Gasteiger partial charge in [-0.1, -0.05) is 31.6 Å². The molecular formula is C13H15ClO2. The summed E-state index contributed by atoms with van der Waals surface area (Å²) in [4.78, 5) is 10.5. The number of ether oxygens (including phenoxy) is 1. The van der Waals surface area contributed by atoms with Crippen LogP contribution < -0.4 is 4.74 Å². The summed E-state index contributed by atoms with van der Waals surface area (Å²) in [5.74, 6) is 0.850. The summed E-state index contributed by atoms with van der Waals surface area (Å²) in [6, 6.07) is 7.54. The average molecular weight is 239 g/mol. The van der Waals surface area contributed by atoms with Gasteiger partial charge in [0, 0.05) is 0 Å². The van der Waals surface area contributed by atoms with E-state index in [1.807, 2.05) is 24.3 Å². The van der Waals surface area contributed by atoms with Gasteiger partial charge in [0.1, 0.15) is 5.75 Å². The zero-order valence-corrected chi connectivity index (χ0v) is 10.0. The number of benzene rings is 1. The monoisotopic (exact) mass is 238 g/mol. The Hall–Kier alpha value is -1.28. The second-order valence-corrected chi connectivity index (χ2v) is 3.78. The van der Waals surface area contributed by atoms with Crippen LogP contribution >= 0.6 is 11.6 Å². The third-order valence-corrected chi connectivity index (χ3v) is 2.18. The molecule has 0 fully saturated rings. The number of rotatable bonds is 6. The van der Waals surface area contributed by atoms with Crippen molar-refractivity contribution in [1.82, 2.24) is 0 Å². The van der Waals surface area contributed by atoms with Gasteiger partial charge in [0.15, 0.2) is 0 Å². The largest absolute Gasteiger partial charge is 0.494 e. The molecule has 3 heteroatoms. The van der Waals surface area contributed by atoms with E-state index in [9.17, 15) is 4.79 Å². The third kappa shape index (κ3) is 4.99. The van der Waals surface area contributed by atoms with Crippen LogP contribution in [0.4, 0.5) is 0 Å². The minimum absolute atomic E-state index is 0.469. The summed E-state index contributed by atoms with van der Waals surface area (Å²) in [6.45, 7) is 2.87. The number of hydrogen-bond donors (Lipinski definition) is 0. The average Bonchev–Trinajstić information content (AvgIpc) is 2.28. The van der Waals surface area contributed by atoms with Gasteiger partial charge in [-0.2, -0.15) is 0 Å². The summed E-state index contributed by atoms with van der Waals surface area (Å²) in [6.07, 6.45) is 5.18. The molecule has 0 radical (unpaired) electrons. The summed E-state index contributed by atoms with van der Waals surface area (Å²) in [5, 5.41) is -0.469. The molecule has 0 spiro atoms. The Balaban J connectivity index is 2.51. The quantitative estimate of drug-likeness (QED) is 0.430. The van der Waals surface area contributed by atoms with Crippen LogP contribution in [0.15, 0.2) is 30.3 Å². The molecule has 0 N–H and O–H groups in total. The molecule has 0 saturated heterocycles. The molecule has 1 aromatic rings. The molecule has 0 unspecified atom stereocenters. The molecule has 1 rings (SSSR count). The van der Waals surface area contributed by atoms with Gasteiger partial charge in [-0.25, -0.2) is 0 Å². The number of carbonyl (C=O) groups is 1. The van der Waals surface area contributed by atoms with Gasteiger partial charge in [0.25, 0.3) is 0 Å². The molecule has 0 aliphatic rings. The second-order valence-electron chi connectivity index (χ2n) is 3.41. The lowest BCUT2D eigenvalue weighted by Gasteiger charge is -2.04. The van der Waals surface area contributed by atoms with E-state index < -0.39 is 5.24 Å². The maximum Gasteiger partial charge on any atom is 0.245 e. The number of hydrogen-bond acceptors (Lipinski definition) is 2. The summed E-state index contributed by atoms with van der Waals surface area (Å²) >= 11 is 5.19. The Morgan fingerprint density at radius 1 is 1.38 bits per heavy atom. The number of carbonyl (C=O) groups excluding carboxylic acids is 1. The molecule has 2 nitrogen and oxygen atoms in total. The fourth-order valence-corrected chi connectivity index (χ4v) is 1.23. The fraction of sp³-hybridized carbons (Fsp3) is 0.308. The van der Waals surface area contributed by atoms with E-state index in [-0.39, 0.29) is 0 Å². The minimum atomic E-state index is -0.469. The molecule has 0 bridgehead atoms. The first-order valence-corrected chi connectivity index (χ1v) is 5.70. The third-order valence-electron chi connectivity index (χ3n) is 2.05. The first kappa shape index (κ1) is 12.8. The Morgan fingerprint density at radius 3 is 2.62 bits per heavy atom. The van der Waals surface area contributed by atoms with Crippen LogP contribution in [0.3, 0.4) is 0 Å². The fourth-order valence-electron chi connectivity index (χ4n) is 1.17. The summed E-state index contributed by atoms with van der Waals surface area (Å²) < 4.78 is 5.51. The first-order valence-electron chi connectivity index (χ1n) is 5.33. The Bertz CT molecular complexity index is 355. The van der Waals surface area contributed by atoms with E-state index >= 15 is 0 Å². The zero-order chi connectivity index (χ0) is 11.8. The molecule has 0 aliphatic carbocycles. The van der Waals surface area contributed by atoms with E-state index in [4.69, 9.17) is 16.3 Å². The standard InChI is InChI=1S/C13H15ClO2/c1-2-3-10-16-12-7-4-11(5-8-12)6-9-13(14)15/h4-9H,2-3,10H2,1H3. The van der Waals surface area contributed by atoms with Crippen LogP contribution in [-0.4, -0.2) is 11.8 Å². The highest BCUT2D eigenvalue weighted by atomic mass is 35.5. The van der Waals surface area contributed by atoms with E-state index in [1.165, 1.54) is 6.08 Å². The summed E-state index contributed by atoms with van der Waals surface area (Å²) in [5.41, 5.74) is 0.928. The van der Waals surface area contributed by atoms with Crippen LogP contribution in [0.5, 0.6) is 5.75 Å². The number of allylic oxidation sites excluding steroid dienone is 1. The lowest BCUT2D eigenvalue weighted by molar-refractivity contribution is -0.107. The highest BCUT2D eigenvalue weighted by molar-refractivity contribution is 6.66. The first-order chi connectivity index (χ1) is 7.72. The topological polar surface area (TPSA) is 26.3 Å². The molecule has 0 aliphatic heterocycles. The highest BCUT2D eigenvalue weighted by Gasteiger charge is 1.93. The Labute approximate surface area is 101 Å². The van der Waals surface area contributed by atoms with Crippen LogP contribution in [0.2, 0.25) is 0 Å². The van der Waals surface area contributed by atoms with E-state index in [2.05, 4.69) is 6.92 Å². The van der Waals surface area contributed by atoms with Gasteiger partial charge < -0.3 is 4.74 Å². The Kier molecular flexibility index (Phi) is 5.65. The predicted octanol–water partition coefficient (Wildman–Crippen LogP) is 3.64. The summed E-state index contributed by atoms with van der Waals surface area (Å²) in [7, 11) is 0. The molecular weight excluding hydrogens is 224 g/mol. The SMILES string of the molecule is CCCCOc1ccc(C=CC(=O)Cl)cc1. The van der Waals surface area contributed by atoms with Crippen molar-refractivity contribution in [2.45, 2.75) is 19.8 Å². The molecule has 86 valence electrons. The smallest absolute Gasteiger partial charge is 0.245 e. The van der Waals surface area contributed by atoms with Crippen molar-refractivity contribution in [1.29, 1.82) is 0 Å². The second kappa shape index (κ2) is 7.07. The normalized spacial score (nSPS) is 10.6. The Morgan fingerprint density at radius 2 is 2.06 bits per heavy atom. The van der Waals surface area contributed by atoms with E-state index in [0.29, 0.717) is 0 Å². The van der Waals surface area contributed by atoms with Crippen molar-refractivity contribution in [3.05, 3.63) is 35.9 Å². The van der Waals surface area contributed by atoms with Crippen molar-refractivity contribution in [2.24, 2.45) is 0 Å². The van der Waals surface area contributed by atoms with Crippen molar-refractivity contribution >= 4 is 22.9 Å². The van der Waals surface area contributed by atoms with E-state index in [0.717, 1.165) is 30.8 Å². The van der Waals surface area contributed by atoms with E-state index in [1.54, 1.807) is 6.08 Å². The zero-order valence-electron chi connectivity index (χ0n) is 9.28. The minimum Gasteiger partial charge on any atom is -0.494 e. The van der Waals surface area contributed by atoms with Gasteiger partial charge in [-0.3, -0.25) is 4.79 Å².